The molecule has 4 N–H and O–H groups in total. The first-order valence-corrected chi connectivity index (χ1v) is 9.33. The molecule has 3 aromatic rings. The van der Waals surface area contributed by atoms with Crippen molar-refractivity contribution in [1.82, 2.24) is 4.57 Å². The van der Waals surface area contributed by atoms with Crippen LogP contribution < -0.4 is 10.5 Å². The average Bonchev–Trinajstić information content (AvgIpc) is 2.94. The molecule has 28 heavy (non-hydrogen) atoms. The maximum absolute atomic E-state index is 11.7. The Kier molecular flexibility index (Phi) is 5.84. The van der Waals surface area contributed by atoms with E-state index < -0.39 is 18.3 Å². The number of rotatable bonds is 6. The van der Waals surface area contributed by atoms with Crippen LogP contribution in [0.3, 0.4) is 0 Å². The number of hydrogen-bond donors (Lipinski definition) is 3. The Bertz CT molecular complexity index is 993. The number of nitrogens with two attached hydrogens (primary N) is 1. The summed E-state index contributed by atoms with van der Waals surface area (Å²) in [6, 6.07) is 13.7. The zero-order valence-electron chi connectivity index (χ0n) is 16.3. The van der Waals surface area contributed by atoms with Crippen molar-refractivity contribution in [3.05, 3.63) is 64.8 Å². The third-order valence-electron chi connectivity index (χ3n) is 4.81. The van der Waals surface area contributed by atoms with E-state index in [0.717, 1.165) is 22.3 Å². The SMILES string of the molecule is CCc1c(C(O)C(N)O)c2c(OC(C)=O)cc(C)cc2n1Cc1ccccc1. The smallest absolute Gasteiger partial charge is 0.308 e. The normalized spacial score (nSPS) is 13.5. The molecule has 0 aliphatic rings. The molecule has 2 aromatic carbocycles. The second-order valence-corrected chi connectivity index (χ2v) is 6.97. The van der Waals surface area contributed by atoms with Crippen molar-refractivity contribution in [2.24, 2.45) is 5.73 Å². The molecule has 148 valence electrons. The molecule has 0 amide bonds. The van der Waals surface area contributed by atoms with Crippen LogP contribution in [-0.2, 0) is 17.8 Å². The Morgan fingerprint density at radius 3 is 2.46 bits per heavy atom. The third kappa shape index (κ3) is 3.80. The number of carbonyl (C=O) groups is 1. The molecule has 6 nitrogen and oxygen atoms in total. The molecule has 0 radical (unpaired) electrons. The van der Waals surface area contributed by atoms with Gasteiger partial charge in [-0.1, -0.05) is 37.3 Å². The predicted octanol–water partition coefficient (Wildman–Crippen LogP) is 2.80. The van der Waals surface area contributed by atoms with Gasteiger partial charge in [-0.05, 0) is 36.6 Å². The summed E-state index contributed by atoms with van der Waals surface area (Å²) in [5, 5.41) is 21.2. The van der Waals surface area contributed by atoms with E-state index >= 15 is 0 Å². The van der Waals surface area contributed by atoms with Crippen LogP contribution in [0.5, 0.6) is 5.75 Å². The number of benzene rings is 2. The quantitative estimate of drug-likeness (QED) is 0.346. The summed E-state index contributed by atoms with van der Waals surface area (Å²) in [4.78, 5) is 11.7. The molecule has 1 heterocycles. The van der Waals surface area contributed by atoms with Gasteiger partial charge >= 0.3 is 5.97 Å². The number of nitrogens with zero attached hydrogens (tertiary/aromatic N) is 1. The Morgan fingerprint density at radius 2 is 1.89 bits per heavy atom. The van der Waals surface area contributed by atoms with Gasteiger partial charge in [0.15, 0.2) is 0 Å². The number of aromatic nitrogens is 1. The second kappa shape index (κ2) is 8.14. The number of aliphatic hydroxyl groups is 2. The van der Waals surface area contributed by atoms with Gasteiger partial charge in [0.2, 0.25) is 0 Å². The van der Waals surface area contributed by atoms with Crippen LogP contribution in [0.4, 0.5) is 0 Å². The molecule has 0 aliphatic heterocycles. The average molecular weight is 382 g/mol. The number of hydrogen-bond acceptors (Lipinski definition) is 5. The van der Waals surface area contributed by atoms with E-state index in [1.165, 1.54) is 6.92 Å². The molecule has 2 unspecified atom stereocenters. The van der Waals surface area contributed by atoms with E-state index in [0.29, 0.717) is 29.7 Å². The lowest BCUT2D eigenvalue weighted by Gasteiger charge is -2.17. The highest BCUT2D eigenvalue weighted by Crippen LogP contribution is 2.39. The van der Waals surface area contributed by atoms with Crippen LogP contribution in [0.2, 0.25) is 0 Å². The van der Waals surface area contributed by atoms with E-state index in [9.17, 15) is 15.0 Å². The Morgan fingerprint density at radius 1 is 1.21 bits per heavy atom. The summed E-state index contributed by atoms with van der Waals surface area (Å²) in [5.74, 6) is -0.0896. The van der Waals surface area contributed by atoms with Gasteiger partial charge in [0.25, 0.3) is 0 Å². The van der Waals surface area contributed by atoms with E-state index in [1.807, 2.05) is 50.2 Å². The third-order valence-corrected chi connectivity index (χ3v) is 4.81. The number of aliphatic hydroxyl groups excluding tert-OH is 2. The number of fused-ring (bicyclic) bond motifs is 1. The van der Waals surface area contributed by atoms with Crippen molar-refractivity contribution >= 4 is 16.9 Å². The monoisotopic (exact) mass is 382 g/mol. The summed E-state index contributed by atoms with van der Waals surface area (Å²) in [5.41, 5.74) is 9.80. The topological polar surface area (TPSA) is 97.7 Å². The van der Waals surface area contributed by atoms with Gasteiger partial charge in [-0.25, -0.2) is 0 Å². The van der Waals surface area contributed by atoms with Gasteiger partial charge in [-0.2, -0.15) is 0 Å². The maximum atomic E-state index is 11.7. The van der Waals surface area contributed by atoms with Crippen molar-refractivity contribution in [2.75, 3.05) is 0 Å². The van der Waals surface area contributed by atoms with Gasteiger partial charge in [-0.3, -0.25) is 4.79 Å². The lowest BCUT2D eigenvalue weighted by atomic mass is 10.0. The van der Waals surface area contributed by atoms with Gasteiger partial charge in [0.05, 0.1) is 5.52 Å². The second-order valence-electron chi connectivity index (χ2n) is 6.97. The van der Waals surface area contributed by atoms with E-state index in [2.05, 4.69) is 4.57 Å². The molecule has 0 saturated heterocycles. The number of carbonyl (C=O) groups excluding carboxylic acids is 1. The minimum Gasteiger partial charge on any atom is -0.426 e. The molecule has 6 heteroatoms. The highest BCUT2D eigenvalue weighted by atomic mass is 16.5. The van der Waals surface area contributed by atoms with Crippen molar-refractivity contribution < 1.29 is 19.7 Å². The largest absolute Gasteiger partial charge is 0.426 e. The van der Waals surface area contributed by atoms with Gasteiger partial charge < -0.3 is 25.3 Å². The molecule has 0 fully saturated rings. The lowest BCUT2D eigenvalue weighted by Crippen LogP contribution is -2.28. The Labute approximate surface area is 164 Å². The first kappa shape index (κ1) is 20.1. The minimum atomic E-state index is -1.45. The maximum Gasteiger partial charge on any atom is 0.308 e. The van der Waals surface area contributed by atoms with E-state index in [1.54, 1.807) is 6.07 Å². The van der Waals surface area contributed by atoms with Crippen molar-refractivity contribution in [2.45, 2.75) is 46.1 Å². The van der Waals surface area contributed by atoms with Crippen LogP contribution in [0, 0.1) is 6.92 Å². The van der Waals surface area contributed by atoms with Gasteiger partial charge in [-0.15, -0.1) is 0 Å². The molecule has 3 rings (SSSR count). The summed E-state index contributed by atoms with van der Waals surface area (Å²) < 4.78 is 7.55. The summed E-state index contributed by atoms with van der Waals surface area (Å²) in [6.45, 7) is 5.82. The van der Waals surface area contributed by atoms with Crippen LogP contribution in [0.15, 0.2) is 42.5 Å². The number of ether oxygens (including phenoxy) is 1. The zero-order valence-corrected chi connectivity index (χ0v) is 16.3. The van der Waals surface area contributed by atoms with Crippen LogP contribution in [0.25, 0.3) is 10.9 Å². The Hall–Kier alpha value is -2.67. The number of esters is 1. The minimum absolute atomic E-state index is 0.360. The molecule has 0 bridgehead atoms. The first-order chi connectivity index (χ1) is 13.3. The molecule has 0 saturated carbocycles. The van der Waals surface area contributed by atoms with E-state index in [-0.39, 0.29) is 0 Å². The molecule has 2 atom stereocenters. The number of aryl methyl sites for hydroxylation is 1. The first-order valence-electron chi connectivity index (χ1n) is 9.33. The van der Waals surface area contributed by atoms with E-state index in [4.69, 9.17) is 10.5 Å². The fraction of sp³-hybridized carbons (Fsp3) is 0.318. The summed E-state index contributed by atoms with van der Waals surface area (Å²) in [7, 11) is 0. The summed E-state index contributed by atoms with van der Waals surface area (Å²) in [6.07, 6.45) is -2.14. The zero-order chi connectivity index (χ0) is 20.4. The lowest BCUT2D eigenvalue weighted by molar-refractivity contribution is -0.131. The van der Waals surface area contributed by atoms with Gasteiger partial charge in [0.1, 0.15) is 18.1 Å². The van der Waals surface area contributed by atoms with Crippen LogP contribution in [-0.4, -0.2) is 27.0 Å². The van der Waals surface area contributed by atoms with Crippen molar-refractivity contribution in [3.63, 3.8) is 0 Å². The highest BCUT2D eigenvalue weighted by molar-refractivity contribution is 5.94. The summed E-state index contributed by atoms with van der Waals surface area (Å²) >= 11 is 0. The van der Waals surface area contributed by atoms with Crippen molar-refractivity contribution in [3.8, 4) is 5.75 Å². The Balaban J connectivity index is 2.35. The predicted molar refractivity (Wildman–Crippen MR) is 108 cm³/mol. The molecule has 0 aliphatic carbocycles. The molecular weight excluding hydrogens is 356 g/mol. The molecular formula is C22H26N2O4. The standard InChI is InChI=1S/C22H26N2O4/c1-4-16-20(21(26)22(23)27)19-17(10-13(2)11-18(19)28-14(3)25)24(16)12-15-8-6-5-7-9-15/h5-11,21-22,26-27H,4,12,23H2,1-3H3. The fourth-order valence-corrected chi connectivity index (χ4v) is 3.71. The molecule has 1 aromatic heterocycles. The van der Waals surface area contributed by atoms with Crippen molar-refractivity contribution in [1.29, 1.82) is 0 Å². The highest BCUT2D eigenvalue weighted by Gasteiger charge is 2.28. The van der Waals surface area contributed by atoms with Crippen LogP contribution in [0.1, 0.15) is 42.3 Å². The fourth-order valence-electron chi connectivity index (χ4n) is 3.71. The molecule has 0 spiro atoms. The van der Waals surface area contributed by atoms with Crippen LogP contribution >= 0.6 is 0 Å². The van der Waals surface area contributed by atoms with Gasteiger partial charge in [0, 0.05) is 30.1 Å².